The van der Waals surface area contributed by atoms with Crippen LogP contribution in [0.15, 0.2) is 48.1 Å². The van der Waals surface area contributed by atoms with Crippen LogP contribution >= 0.6 is 22.9 Å². The van der Waals surface area contributed by atoms with Gasteiger partial charge in [0.05, 0.1) is 37.8 Å². The van der Waals surface area contributed by atoms with Crippen molar-refractivity contribution in [2.24, 2.45) is 0 Å². The van der Waals surface area contributed by atoms with Gasteiger partial charge >= 0.3 is 5.97 Å². The number of imidazole rings is 1. The normalized spacial score (nSPS) is 15.8. The number of methoxy groups -OCH3 is 1. The number of fused-ring (bicyclic) bond motifs is 1. The zero-order valence-electron chi connectivity index (χ0n) is 15.9. The molecule has 8 heteroatoms. The highest BCUT2D eigenvalue weighted by Gasteiger charge is 2.37. The number of thiophene rings is 1. The van der Waals surface area contributed by atoms with E-state index in [2.05, 4.69) is 4.98 Å². The molecule has 0 spiro atoms. The topological polar surface area (TPSA) is 64.4 Å². The van der Waals surface area contributed by atoms with Gasteiger partial charge < -0.3 is 14.2 Å². The second-order valence-electron chi connectivity index (χ2n) is 6.91. The number of hydrogen-bond acceptors (Lipinski definition) is 5. The Hall–Kier alpha value is -2.64. The Labute approximate surface area is 177 Å². The van der Waals surface area contributed by atoms with Gasteiger partial charge in [-0.15, -0.1) is 11.3 Å². The van der Waals surface area contributed by atoms with E-state index in [4.69, 9.17) is 16.3 Å². The van der Waals surface area contributed by atoms with Crippen LogP contribution in [0.4, 0.5) is 0 Å². The van der Waals surface area contributed by atoms with Crippen molar-refractivity contribution in [3.63, 3.8) is 0 Å². The first-order valence-corrected chi connectivity index (χ1v) is 10.5. The molecule has 29 heavy (non-hydrogen) atoms. The third-order valence-electron chi connectivity index (χ3n) is 5.08. The number of aromatic nitrogens is 2. The minimum Gasteiger partial charge on any atom is -0.467 e. The van der Waals surface area contributed by atoms with Gasteiger partial charge in [0.15, 0.2) is 0 Å². The van der Waals surface area contributed by atoms with E-state index in [9.17, 15) is 9.59 Å². The second-order valence-corrected chi connectivity index (χ2v) is 8.38. The molecule has 6 nitrogen and oxygen atoms in total. The second kappa shape index (κ2) is 8.39. The summed E-state index contributed by atoms with van der Waals surface area (Å²) >= 11 is 7.51. The number of benzene rings is 1. The van der Waals surface area contributed by atoms with Gasteiger partial charge in [0, 0.05) is 22.9 Å². The Morgan fingerprint density at radius 2 is 2.07 bits per heavy atom. The van der Waals surface area contributed by atoms with Gasteiger partial charge in [0.2, 0.25) is 5.91 Å². The quantitative estimate of drug-likeness (QED) is 0.583. The summed E-state index contributed by atoms with van der Waals surface area (Å²) in [4.78, 5) is 32.5. The number of nitrogens with zero attached hydrogens (tertiary/aromatic N) is 3. The van der Waals surface area contributed by atoms with Crippen LogP contribution in [0.2, 0.25) is 5.02 Å². The van der Waals surface area contributed by atoms with Crippen LogP contribution in [0.5, 0.6) is 0 Å². The number of amides is 1. The molecule has 150 valence electrons. The Bertz CT molecular complexity index is 1010. The lowest BCUT2D eigenvalue weighted by Crippen LogP contribution is -2.50. The molecule has 3 heterocycles. The lowest BCUT2D eigenvalue weighted by Gasteiger charge is -2.34. The van der Waals surface area contributed by atoms with Crippen LogP contribution in [0.1, 0.15) is 21.8 Å². The fourth-order valence-electron chi connectivity index (χ4n) is 3.56. The maximum absolute atomic E-state index is 13.0. The highest BCUT2D eigenvalue weighted by molar-refractivity contribution is 7.10. The first kappa shape index (κ1) is 19.7. The maximum Gasteiger partial charge on any atom is 0.329 e. The van der Waals surface area contributed by atoms with E-state index < -0.39 is 12.0 Å². The molecule has 2 aromatic heterocycles. The minimum atomic E-state index is -0.654. The third-order valence-corrected chi connectivity index (χ3v) is 6.21. The molecule has 0 saturated carbocycles. The summed E-state index contributed by atoms with van der Waals surface area (Å²) < 4.78 is 6.98. The molecular formula is C21H20ClN3O3S. The Balaban J connectivity index is 1.60. The number of esters is 1. The molecule has 0 saturated heterocycles. The van der Waals surface area contributed by atoms with Gasteiger partial charge in [-0.25, -0.2) is 9.78 Å². The summed E-state index contributed by atoms with van der Waals surface area (Å²) in [5.74, 6) is -0.504. The number of ether oxygens (including phenoxy) is 1. The summed E-state index contributed by atoms with van der Waals surface area (Å²) in [5.41, 5.74) is 2.86. The molecule has 0 radical (unpaired) electrons. The average Bonchev–Trinajstić information content (AvgIpc) is 3.38. The first-order valence-electron chi connectivity index (χ1n) is 9.22. The maximum atomic E-state index is 13.0. The van der Waals surface area contributed by atoms with Crippen LogP contribution in [0.25, 0.3) is 0 Å². The van der Waals surface area contributed by atoms with Crippen molar-refractivity contribution in [2.45, 2.75) is 32.0 Å². The molecule has 0 fully saturated rings. The molecule has 1 aromatic carbocycles. The smallest absolute Gasteiger partial charge is 0.329 e. The van der Waals surface area contributed by atoms with Crippen LogP contribution in [-0.4, -0.2) is 39.5 Å². The van der Waals surface area contributed by atoms with E-state index in [0.717, 1.165) is 21.8 Å². The molecule has 1 aliphatic heterocycles. The monoisotopic (exact) mass is 429 g/mol. The van der Waals surface area contributed by atoms with Gasteiger partial charge in [-0.05, 0) is 29.1 Å². The van der Waals surface area contributed by atoms with Crippen LogP contribution < -0.4 is 0 Å². The van der Waals surface area contributed by atoms with Crippen LogP contribution in [0.3, 0.4) is 0 Å². The Morgan fingerprint density at radius 1 is 1.28 bits per heavy atom. The highest BCUT2D eigenvalue weighted by atomic mass is 35.5. The fourth-order valence-corrected chi connectivity index (χ4v) is 4.38. The highest BCUT2D eigenvalue weighted by Crippen LogP contribution is 2.26. The largest absolute Gasteiger partial charge is 0.467 e. The number of halogens is 1. The third kappa shape index (κ3) is 4.21. The van der Waals surface area contributed by atoms with Gasteiger partial charge in [0.1, 0.15) is 6.04 Å². The van der Waals surface area contributed by atoms with Crippen molar-refractivity contribution in [3.05, 3.63) is 75.0 Å². The van der Waals surface area contributed by atoms with Gasteiger partial charge in [0.25, 0.3) is 0 Å². The molecule has 1 amide bonds. The summed E-state index contributed by atoms with van der Waals surface area (Å²) in [6.07, 6.45) is 2.39. The Kier molecular flexibility index (Phi) is 5.69. The number of carbonyl (C=O) groups excluding carboxylic acids is 2. The number of carbonyl (C=O) groups is 2. The van der Waals surface area contributed by atoms with Crippen molar-refractivity contribution >= 4 is 34.8 Å². The van der Waals surface area contributed by atoms with Crippen LogP contribution in [-0.2, 0) is 40.3 Å². The van der Waals surface area contributed by atoms with E-state index in [0.29, 0.717) is 24.5 Å². The van der Waals surface area contributed by atoms with Crippen molar-refractivity contribution in [1.82, 2.24) is 14.5 Å². The molecular weight excluding hydrogens is 410 g/mol. The fraction of sp³-hybridized carbons (Fsp3) is 0.286. The zero-order chi connectivity index (χ0) is 20.4. The predicted octanol–water partition coefficient (Wildman–Crippen LogP) is 3.32. The molecule has 0 unspecified atom stereocenters. The van der Waals surface area contributed by atoms with Crippen LogP contribution in [0, 0.1) is 0 Å². The number of rotatable bonds is 5. The first-order chi connectivity index (χ1) is 14.0. The lowest BCUT2D eigenvalue weighted by molar-refractivity contribution is -0.153. The van der Waals surface area contributed by atoms with E-state index in [-0.39, 0.29) is 12.3 Å². The predicted molar refractivity (Wildman–Crippen MR) is 111 cm³/mol. The van der Waals surface area contributed by atoms with Gasteiger partial charge in [-0.2, -0.15) is 0 Å². The van der Waals surface area contributed by atoms with E-state index in [1.165, 1.54) is 18.4 Å². The van der Waals surface area contributed by atoms with Crippen molar-refractivity contribution in [1.29, 1.82) is 0 Å². The standard InChI is InChI=1S/C21H20ClN3O3S/c1-28-21(27)18-10-17-19(12-25(18)20(26)9-16-3-2-8-29-16)24(13-23-17)11-14-4-6-15(22)7-5-14/h2-8,13,18H,9-12H2,1H3/t18-/m0/s1. The Morgan fingerprint density at radius 3 is 2.76 bits per heavy atom. The van der Waals surface area contributed by atoms with Crippen molar-refractivity contribution in [2.75, 3.05) is 7.11 Å². The molecule has 1 atom stereocenters. The lowest BCUT2D eigenvalue weighted by atomic mass is 10.0. The molecule has 0 bridgehead atoms. The van der Waals surface area contributed by atoms with E-state index in [1.54, 1.807) is 11.2 Å². The van der Waals surface area contributed by atoms with Crippen molar-refractivity contribution in [3.8, 4) is 0 Å². The summed E-state index contributed by atoms with van der Waals surface area (Å²) in [7, 11) is 1.35. The van der Waals surface area contributed by atoms with E-state index >= 15 is 0 Å². The van der Waals surface area contributed by atoms with E-state index in [1.807, 2.05) is 46.3 Å². The van der Waals surface area contributed by atoms with Gasteiger partial charge in [-0.3, -0.25) is 4.79 Å². The zero-order valence-corrected chi connectivity index (χ0v) is 17.4. The molecule has 3 aromatic rings. The SMILES string of the molecule is COC(=O)[C@@H]1Cc2ncn(Cc3ccc(Cl)cc3)c2CN1C(=O)Cc1cccs1. The summed E-state index contributed by atoms with van der Waals surface area (Å²) in [6.45, 7) is 0.947. The minimum absolute atomic E-state index is 0.0901. The average molecular weight is 430 g/mol. The molecule has 4 rings (SSSR count). The molecule has 0 N–H and O–H groups in total. The summed E-state index contributed by atoms with van der Waals surface area (Å²) in [5, 5.41) is 2.63. The van der Waals surface area contributed by atoms with Gasteiger partial charge in [-0.1, -0.05) is 29.8 Å². The molecule has 0 aliphatic carbocycles. The summed E-state index contributed by atoms with van der Waals surface area (Å²) in [6, 6.07) is 10.8. The number of hydrogen-bond donors (Lipinski definition) is 0. The molecule has 1 aliphatic rings. The van der Waals surface area contributed by atoms with Crippen molar-refractivity contribution < 1.29 is 14.3 Å².